The molecular weight excluding hydrogens is 432 g/mol. The molecular formula is C24H28N8O2. The minimum absolute atomic E-state index is 0.113. The van der Waals surface area contributed by atoms with E-state index in [1.807, 2.05) is 30.1 Å². The van der Waals surface area contributed by atoms with Crippen LogP contribution in [0.15, 0.2) is 30.6 Å². The number of pyridine rings is 1. The third-order valence-corrected chi connectivity index (χ3v) is 7.04. The molecule has 176 valence electrons. The van der Waals surface area contributed by atoms with Crippen molar-refractivity contribution in [3.05, 3.63) is 53.1 Å². The summed E-state index contributed by atoms with van der Waals surface area (Å²) in [4.78, 5) is 23.7. The lowest BCUT2D eigenvalue weighted by atomic mass is 10.0. The SMILES string of the molecule is Cc1cc(C(=O)N2CC(CO)C2)nnc1N1CCc2ncc(N3CCCn4nccc43)cc2C1. The summed E-state index contributed by atoms with van der Waals surface area (Å²) in [6, 6.07) is 6.12. The quantitative estimate of drug-likeness (QED) is 0.626. The van der Waals surface area contributed by atoms with E-state index in [0.29, 0.717) is 25.3 Å². The smallest absolute Gasteiger partial charge is 0.274 e. The molecule has 6 rings (SSSR count). The van der Waals surface area contributed by atoms with Crippen LogP contribution in [-0.2, 0) is 19.5 Å². The number of aromatic nitrogens is 5. The number of likely N-dealkylation sites (tertiary alicyclic amines) is 1. The van der Waals surface area contributed by atoms with Gasteiger partial charge >= 0.3 is 0 Å². The number of hydrogen-bond acceptors (Lipinski definition) is 8. The molecule has 3 aliphatic rings. The van der Waals surface area contributed by atoms with Crippen LogP contribution in [0.1, 0.15) is 33.7 Å². The van der Waals surface area contributed by atoms with E-state index in [1.165, 1.54) is 5.56 Å². The van der Waals surface area contributed by atoms with E-state index in [0.717, 1.165) is 61.1 Å². The molecule has 10 nitrogen and oxygen atoms in total. The van der Waals surface area contributed by atoms with Crippen molar-refractivity contribution in [3.8, 4) is 0 Å². The van der Waals surface area contributed by atoms with Crippen LogP contribution in [0.3, 0.4) is 0 Å². The lowest BCUT2D eigenvalue weighted by Crippen LogP contribution is -2.51. The Morgan fingerprint density at radius 3 is 2.88 bits per heavy atom. The van der Waals surface area contributed by atoms with Crippen LogP contribution >= 0.6 is 0 Å². The van der Waals surface area contributed by atoms with Gasteiger partial charge in [-0.05, 0) is 36.6 Å². The average Bonchev–Trinajstić information content (AvgIpc) is 3.32. The summed E-state index contributed by atoms with van der Waals surface area (Å²) in [6.07, 6.45) is 5.71. The van der Waals surface area contributed by atoms with Crippen molar-refractivity contribution in [3.63, 3.8) is 0 Å². The number of nitrogens with zero attached hydrogens (tertiary/aromatic N) is 8. The van der Waals surface area contributed by atoms with E-state index >= 15 is 0 Å². The molecule has 0 aromatic carbocycles. The van der Waals surface area contributed by atoms with Crippen LogP contribution in [0.25, 0.3) is 0 Å². The molecule has 10 heteroatoms. The molecule has 1 saturated heterocycles. The van der Waals surface area contributed by atoms with Gasteiger partial charge < -0.3 is 19.8 Å². The number of aliphatic hydroxyl groups is 1. The zero-order valence-electron chi connectivity index (χ0n) is 19.3. The van der Waals surface area contributed by atoms with Crippen molar-refractivity contribution < 1.29 is 9.90 Å². The maximum atomic E-state index is 12.7. The fraction of sp³-hybridized carbons (Fsp3) is 0.458. The minimum atomic E-state index is -0.120. The average molecular weight is 461 g/mol. The molecule has 34 heavy (non-hydrogen) atoms. The predicted molar refractivity (Wildman–Crippen MR) is 126 cm³/mol. The Morgan fingerprint density at radius 1 is 1.18 bits per heavy atom. The van der Waals surface area contributed by atoms with Gasteiger partial charge in [0.15, 0.2) is 11.5 Å². The zero-order chi connectivity index (χ0) is 23.2. The second-order valence-electron chi connectivity index (χ2n) is 9.38. The summed E-state index contributed by atoms with van der Waals surface area (Å²) in [5.41, 5.74) is 4.70. The molecule has 0 unspecified atom stereocenters. The fourth-order valence-corrected chi connectivity index (χ4v) is 5.13. The Labute approximate surface area is 197 Å². The minimum Gasteiger partial charge on any atom is -0.396 e. The summed E-state index contributed by atoms with van der Waals surface area (Å²) in [5.74, 6) is 1.97. The highest BCUT2D eigenvalue weighted by Gasteiger charge is 2.32. The molecule has 1 N–H and O–H groups in total. The van der Waals surface area contributed by atoms with Gasteiger partial charge in [-0.1, -0.05) is 0 Å². The lowest BCUT2D eigenvalue weighted by molar-refractivity contribution is 0.0355. The number of amides is 1. The summed E-state index contributed by atoms with van der Waals surface area (Å²) >= 11 is 0. The Bertz CT molecular complexity index is 1240. The number of aryl methyl sites for hydroxylation is 2. The van der Waals surface area contributed by atoms with Crippen LogP contribution in [0.4, 0.5) is 17.3 Å². The van der Waals surface area contributed by atoms with Gasteiger partial charge in [-0.15, -0.1) is 10.2 Å². The Balaban J connectivity index is 1.21. The summed E-state index contributed by atoms with van der Waals surface area (Å²) in [5, 5.41) is 22.3. The van der Waals surface area contributed by atoms with Gasteiger partial charge in [0.2, 0.25) is 0 Å². The molecule has 1 amide bonds. The number of rotatable bonds is 4. The topological polar surface area (TPSA) is 104 Å². The molecule has 0 bridgehead atoms. The van der Waals surface area contributed by atoms with Crippen molar-refractivity contribution in [2.75, 3.05) is 42.6 Å². The van der Waals surface area contributed by atoms with Crippen molar-refractivity contribution in [1.82, 2.24) is 29.9 Å². The maximum Gasteiger partial charge on any atom is 0.274 e. The number of fused-ring (bicyclic) bond motifs is 2. The van der Waals surface area contributed by atoms with E-state index in [9.17, 15) is 9.90 Å². The molecule has 0 radical (unpaired) electrons. The maximum absolute atomic E-state index is 12.7. The van der Waals surface area contributed by atoms with Crippen molar-refractivity contribution >= 4 is 23.2 Å². The predicted octanol–water partition coefficient (Wildman–Crippen LogP) is 1.55. The van der Waals surface area contributed by atoms with Gasteiger partial charge in [-0.2, -0.15) is 5.10 Å². The summed E-state index contributed by atoms with van der Waals surface area (Å²) in [6.45, 7) is 6.66. The van der Waals surface area contributed by atoms with E-state index in [-0.39, 0.29) is 18.4 Å². The first-order valence-electron chi connectivity index (χ1n) is 11.9. The Morgan fingerprint density at radius 2 is 2.06 bits per heavy atom. The second-order valence-corrected chi connectivity index (χ2v) is 9.38. The van der Waals surface area contributed by atoms with E-state index in [4.69, 9.17) is 4.98 Å². The highest BCUT2D eigenvalue weighted by Crippen LogP contribution is 2.32. The van der Waals surface area contributed by atoms with Gasteiger partial charge in [-0.25, -0.2) is 4.68 Å². The van der Waals surface area contributed by atoms with Crippen LogP contribution in [0.5, 0.6) is 0 Å². The lowest BCUT2D eigenvalue weighted by Gasteiger charge is -2.38. The Hall–Kier alpha value is -3.53. The Kier molecular flexibility index (Phi) is 5.17. The number of carbonyl (C=O) groups is 1. The molecule has 3 aromatic heterocycles. The molecule has 3 aromatic rings. The molecule has 0 atom stereocenters. The first kappa shape index (κ1) is 21.0. The molecule has 0 spiro atoms. The highest BCUT2D eigenvalue weighted by molar-refractivity contribution is 5.93. The molecule has 3 aliphatic heterocycles. The van der Waals surface area contributed by atoms with Crippen LogP contribution in [-0.4, -0.2) is 73.7 Å². The van der Waals surface area contributed by atoms with Gasteiger partial charge in [0.1, 0.15) is 5.82 Å². The largest absolute Gasteiger partial charge is 0.396 e. The first-order valence-corrected chi connectivity index (χ1v) is 11.9. The van der Waals surface area contributed by atoms with Gasteiger partial charge in [0, 0.05) is 70.0 Å². The van der Waals surface area contributed by atoms with Crippen molar-refractivity contribution in [1.29, 1.82) is 0 Å². The monoisotopic (exact) mass is 460 g/mol. The van der Waals surface area contributed by atoms with Gasteiger partial charge in [0.05, 0.1) is 18.1 Å². The van der Waals surface area contributed by atoms with Crippen LogP contribution in [0.2, 0.25) is 0 Å². The molecule has 0 saturated carbocycles. The fourth-order valence-electron chi connectivity index (χ4n) is 5.13. The number of aliphatic hydroxyl groups excluding tert-OH is 1. The van der Waals surface area contributed by atoms with Gasteiger partial charge in [-0.3, -0.25) is 9.78 Å². The normalized spacial score (nSPS) is 17.9. The summed E-state index contributed by atoms with van der Waals surface area (Å²) in [7, 11) is 0. The van der Waals surface area contributed by atoms with E-state index in [1.54, 1.807) is 4.90 Å². The first-order chi connectivity index (χ1) is 16.6. The highest BCUT2D eigenvalue weighted by atomic mass is 16.3. The van der Waals surface area contributed by atoms with Crippen molar-refractivity contribution in [2.24, 2.45) is 5.92 Å². The number of carbonyl (C=O) groups excluding carboxylic acids is 1. The third-order valence-electron chi connectivity index (χ3n) is 7.04. The zero-order valence-corrected chi connectivity index (χ0v) is 19.3. The van der Waals surface area contributed by atoms with Crippen LogP contribution in [0, 0.1) is 12.8 Å². The number of anilines is 3. The van der Waals surface area contributed by atoms with Gasteiger partial charge in [0.25, 0.3) is 5.91 Å². The number of hydrogen-bond donors (Lipinski definition) is 1. The second kappa shape index (κ2) is 8.35. The standard InChI is InChI=1S/C24H28N8O2/c1-16-9-21(24(34)30-12-17(13-30)15-33)27-28-23(16)29-8-4-20-18(14-29)10-19(11-25-20)31-6-2-7-32-22(31)3-5-26-32/h3,5,9-11,17,33H,2,4,6-8,12-15H2,1H3. The van der Waals surface area contributed by atoms with Crippen LogP contribution < -0.4 is 9.80 Å². The molecule has 1 fully saturated rings. The molecule has 6 heterocycles. The third kappa shape index (κ3) is 3.58. The summed E-state index contributed by atoms with van der Waals surface area (Å²) < 4.78 is 2.04. The molecule has 0 aliphatic carbocycles. The van der Waals surface area contributed by atoms with E-state index < -0.39 is 0 Å². The van der Waals surface area contributed by atoms with Crippen molar-refractivity contribution in [2.45, 2.75) is 32.9 Å². The van der Waals surface area contributed by atoms with E-state index in [2.05, 4.69) is 37.2 Å².